The number of nitrogens with one attached hydrogen (secondary N) is 1. The van der Waals surface area contributed by atoms with Crippen LogP contribution in [-0.4, -0.2) is 11.0 Å². The van der Waals surface area contributed by atoms with E-state index in [9.17, 15) is 10.1 Å². The highest BCUT2D eigenvalue weighted by molar-refractivity contribution is 7.15. The van der Waals surface area contributed by atoms with Gasteiger partial charge in [-0.2, -0.15) is 5.48 Å². The second kappa shape index (κ2) is 5.38. The van der Waals surface area contributed by atoms with Crippen molar-refractivity contribution in [2.75, 3.05) is 0 Å². The minimum Gasteiger partial charge on any atom is -0.298 e. The zero-order chi connectivity index (χ0) is 11.4. The Morgan fingerprint density at radius 1 is 1.50 bits per heavy atom. The number of hydrogen-bond donors (Lipinski definition) is 1. The first-order chi connectivity index (χ1) is 7.75. The van der Waals surface area contributed by atoms with Crippen LogP contribution in [0.4, 0.5) is 5.00 Å². The lowest BCUT2D eigenvalue weighted by atomic mass is 10.3. The molecule has 0 spiro atoms. The highest BCUT2D eigenvalue weighted by Gasteiger charge is 2.15. The van der Waals surface area contributed by atoms with Crippen LogP contribution in [0.2, 0.25) is 0 Å². The average molecular weight is 242 g/mol. The summed E-state index contributed by atoms with van der Waals surface area (Å²) in [5.74, 6) is 0. The number of nitro groups is 1. The summed E-state index contributed by atoms with van der Waals surface area (Å²) in [7, 11) is 0. The highest BCUT2D eigenvalue weighted by atomic mass is 32.1. The van der Waals surface area contributed by atoms with Gasteiger partial charge >= 0.3 is 5.00 Å². The molecule has 0 atom stereocenters. The second-order valence-corrected chi connectivity index (χ2v) is 4.99. The Morgan fingerprint density at radius 3 is 2.88 bits per heavy atom. The zero-order valence-electron chi connectivity index (χ0n) is 8.85. The molecule has 0 unspecified atom stereocenters. The maximum Gasteiger partial charge on any atom is 0.324 e. The Bertz CT molecular complexity index is 361. The molecule has 1 aromatic rings. The maximum absolute atomic E-state index is 10.5. The number of hydrogen-bond acceptors (Lipinski definition) is 5. The van der Waals surface area contributed by atoms with Crippen molar-refractivity contribution >= 4 is 16.3 Å². The normalized spacial score (nSPS) is 16.8. The molecule has 0 bridgehead atoms. The van der Waals surface area contributed by atoms with Gasteiger partial charge in [-0.25, -0.2) is 0 Å². The molecule has 0 amide bonds. The molecule has 0 aliphatic heterocycles. The third-order valence-corrected chi connectivity index (χ3v) is 3.66. The number of thiophene rings is 1. The summed E-state index contributed by atoms with van der Waals surface area (Å²) in [6.07, 6.45) is 5.00. The summed E-state index contributed by atoms with van der Waals surface area (Å²) < 4.78 is 0. The van der Waals surface area contributed by atoms with Crippen LogP contribution >= 0.6 is 11.3 Å². The summed E-state index contributed by atoms with van der Waals surface area (Å²) in [6.45, 7) is 0.537. The fourth-order valence-electron chi connectivity index (χ4n) is 1.80. The molecule has 1 aliphatic rings. The van der Waals surface area contributed by atoms with Crippen molar-refractivity contribution in [1.82, 2.24) is 5.48 Å². The van der Waals surface area contributed by atoms with Crippen LogP contribution in [0.3, 0.4) is 0 Å². The molecule has 1 heterocycles. The van der Waals surface area contributed by atoms with Crippen molar-refractivity contribution in [2.24, 2.45) is 0 Å². The van der Waals surface area contributed by atoms with E-state index in [0.29, 0.717) is 12.6 Å². The fraction of sp³-hybridized carbons (Fsp3) is 0.600. The molecule has 1 fully saturated rings. The third kappa shape index (κ3) is 3.01. The van der Waals surface area contributed by atoms with Crippen LogP contribution in [0.25, 0.3) is 0 Å². The van der Waals surface area contributed by atoms with E-state index in [4.69, 9.17) is 4.84 Å². The summed E-state index contributed by atoms with van der Waals surface area (Å²) in [5.41, 5.74) is 2.88. The summed E-state index contributed by atoms with van der Waals surface area (Å²) >= 11 is 1.18. The number of hydroxylamine groups is 1. The van der Waals surface area contributed by atoms with Crippen molar-refractivity contribution in [3.8, 4) is 0 Å². The van der Waals surface area contributed by atoms with E-state index in [1.807, 2.05) is 0 Å². The Kier molecular flexibility index (Phi) is 3.87. The summed E-state index contributed by atoms with van der Waals surface area (Å²) in [4.78, 5) is 16.5. The van der Waals surface area contributed by atoms with Crippen LogP contribution in [-0.2, 0) is 11.4 Å². The lowest BCUT2D eigenvalue weighted by Crippen LogP contribution is -2.20. The minimum absolute atomic E-state index is 0.178. The maximum atomic E-state index is 10.5. The molecular weight excluding hydrogens is 228 g/mol. The van der Waals surface area contributed by atoms with Crippen LogP contribution in [0.5, 0.6) is 0 Å². The van der Waals surface area contributed by atoms with Gasteiger partial charge in [0.25, 0.3) is 0 Å². The van der Waals surface area contributed by atoms with Crippen LogP contribution in [0.1, 0.15) is 30.6 Å². The topological polar surface area (TPSA) is 64.4 Å². The molecule has 0 saturated heterocycles. The Labute approximate surface area is 97.5 Å². The average Bonchev–Trinajstić information content (AvgIpc) is 2.87. The first-order valence-corrected chi connectivity index (χ1v) is 6.19. The van der Waals surface area contributed by atoms with Gasteiger partial charge in [0.1, 0.15) is 0 Å². The van der Waals surface area contributed by atoms with Gasteiger partial charge in [0, 0.05) is 10.9 Å². The summed E-state index contributed by atoms with van der Waals surface area (Å²) in [6, 6.07) is 3.28. The third-order valence-electron chi connectivity index (χ3n) is 2.63. The van der Waals surface area contributed by atoms with Crippen LogP contribution < -0.4 is 5.48 Å². The predicted octanol–water partition coefficient (Wildman–Crippen LogP) is 2.62. The molecule has 6 heteroatoms. The van der Waals surface area contributed by atoms with Crippen molar-refractivity contribution < 1.29 is 9.76 Å². The largest absolute Gasteiger partial charge is 0.324 e. The first kappa shape index (κ1) is 11.5. The highest BCUT2D eigenvalue weighted by Crippen LogP contribution is 2.24. The quantitative estimate of drug-likeness (QED) is 0.636. The van der Waals surface area contributed by atoms with Gasteiger partial charge in [-0.1, -0.05) is 24.2 Å². The van der Waals surface area contributed by atoms with Gasteiger partial charge in [0.05, 0.1) is 17.6 Å². The SMILES string of the molecule is O=[N+]([O-])c1ccc(CNOC2CCCC2)s1. The van der Waals surface area contributed by atoms with Gasteiger partial charge in [-0.15, -0.1) is 0 Å². The van der Waals surface area contributed by atoms with Crippen LogP contribution in [0, 0.1) is 10.1 Å². The fourth-order valence-corrected chi connectivity index (χ4v) is 2.54. The number of nitrogens with zero attached hydrogens (tertiary/aromatic N) is 1. The zero-order valence-corrected chi connectivity index (χ0v) is 9.66. The smallest absolute Gasteiger partial charge is 0.298 e. The molecular formula is C10H14N2O3S. The van der Waals surface area contributed by atoms with E-state index in [1.54, 1.807) is 6.07 Å². The second-order valence-electron chi connectivity index (χ2n) is 3.84. The van der Waals surface area contributed by atoms with Crippen LogP contribution in [0.15, 0.2) is 12.1 Å². The van der Waals surface area contributed by atoms with E-state index < -0.39 is 0 Å². The lowest BCUT2D eigenvalue weighted by molar-refractivity contribution is -0.380. The van der Waals surface area contributed by atoms with Crippen molar-refractivity contribution in [2.45, 2.75) is 38.3 Å². The van der Waals surface area contributed by atoms with Crippen molar-refractivity contribution in [3.05, 3.63) is 27.1 Å². The van der Waals surface area contributed by atoms with Gasteiger partial charge in [-0.05, 0) is 18.9 Å². The molecule has 88 valence electrons. The van der Waals surface area contributed by atoms with E-state index in [2.05, 4.69) is 5.48 Å². The van der Waals surface area contributed by atoms with E-state index in [-0.39, 0.29) is 9.92 Å². The minimum atomic E-state index is -0.369. The first-order valence-electron chi connectivity index (χ1n) is 5.37. The van der Waals surface area contributed by atoms with Crippen molar-refractivity contribution in [1.29, 1.82) is 0 Å². The number of rotatable bonds is 5. The Hall–Kier alpha value is -0.980. The van der Waals surface area contributed by atoms with Gasteiger partial charge in [0.2, 0.25) is 0 Å². The van der Waals surface area contributed by atoms with Gasteiger partial charge in [0.15, 0.2) is 0 Å². The molecule has 1 aliphatic carbocycles. The molecule has 1 N–H and O–H groups in total. The monoisotopic (exact) mass is 242 g/mol. The molecule has 1 aromatic heterocycles. The van der Waals surface area contributed by atoms with E-state index >= 15 is 0 Å². The standard InChI is InChI=1S/C10H14N2O3S/c13-12(14)10-6-5-9(16-10)7-11-15-8-3-1-2-4-8/h5-6,8,11H,1-4,7H2. The Balaban J connectivity index is 1.74. The Morgan fingerprint density at radius 2 is 2.25 bits per heavy atom. The summed E-state index contributed by atoms with van der Waals surface area (Å²) in [5, 5.41) is 10.6. The molecule has 0 aromatic carbocycles. The molecule has 2 rings (SSSR count). The van der Waals surface area contributed by atoms with Crippen molar-refractivity contribution in [3.63, 3.8) is 0 Å². The van der Waals surface area contributed by atoms with E-state index in [1.165, 1.54) is 30.2 Å². The molecule has 0 radical (unpaired) electrons. The van der Waals surface area contributed by atoms with Gasteiger partial charge < -0.3 is 0 Å². The molecule has 1 saturated carbocycles. The predicted molar refractivity (Wildman–Crippen MR) is 61.2 cm³/mol. The molecule has 5 nitrogen and oxygen atoms in total. The lowest BCUT2D eigenvalue weighted by Gasteiger charge is -2.10. The molecule has 16 heavy (non-hydrogen) atoms. The van der Waals surface area contributed by atoms with E-state index in [0.717, 1.165) is 17.7 Å². The van der Waals surface area contributed by atoms with Gasteiger partial charge in [-0.3, -0.25) is 15.0 Å².